The van der Waals surface area contributed by atoms with Crippen LogP contribution < -0.4 is 5.32 Å². The molecule has 0 saturated carbocycles. The average molecular weight is 456 g/mol. The maximum absolute atomic E-state index is 4.44. The van der Waals surface area contributed by atoms with Crippen molar-refractivity contribution < 1.29 is 0 Å². The van der Waals surface area contributed by atoms with Crippen molar-refractivity contribution in [2.75, 3.05) is 33.2 Å². The summed E-state index contributed by atoms with van der Waals surface area (Å²) in [6.45, 7) is 6.09. The van der Waals surface area contributed by atoms with E-state index in [0.717, 1.165) is 45.2 Å². The molecular formula is C18H25IN4S. The molecule has 1 aromatic heterocycles. The van der Waals surface area contributed by atoms with Crippen molar-refractivity contribution in [2.45, 2.75) is 13.1 Å². The molecule has 3 rings (SSSR count). The quantitative estimate of drug-likeness (QED) is 0.436. The standard InChI is InChI=1S/C18H24N4S.HI/c1-19-18(20-13-17-7-12-23-15-17)22-10-8-21(9-11-22)14-16-5-3-2-4-6-16;/h2-7,12,15H,8-11,13-14H2,1H3,(H,19,20);1H. The number of benzene rings is 1. The molecule has 1 aromatic carbocycles. The van der Waals surface area contributed by atoms with Crippen LogP contribution in [-0.2, 0) is 13.1 Å². The SMILES string of the molecule is CN=C(NCc1ccsc1)N1CCN(Cc2ccccc2)CC1.I. The fourth-order valence-corrected chi connectivity index (χ4v) is 3.53. The van der Waals surface area contributed by atoms with E-state index in [1.54, 1.807) is 11.3 Å². The van der Waals surface area contributed by atoms with Crippen molar-refractivity contribution in [3.63, 3.8) is 0 Å². The first-order valence-corrected chi connectivity index (χ1v) is 9.02. The molecule has 1 aliphatic heterocycles. The Labute approximate surface area is 165 Å². The van der Waals surface area contributed by atoms with Gasteiger partial charge >= 0.3 is 0 Å². The Bertz CT molecular complexity index is 607. The van der Waals surface area contributed by atoms with Gasteiger partial charge in [0.1, 0.15) is 0 Å². The second-order valence-electron chi connectivity index (χ2n) is 5.78. The van der Waals surface area contributed by atoms with Gasteiger partial charge < -0.3 is 10.2 Å². The van der Waals surface area contributed by atoms with Gasteiger partial charge in [-0.05, 0) is 28.0 Å². The molecular weight excluding hydrogens is 431 g/mol. The highest BCUT2D eigenvalue weighted by Gasteiger charge is 2.19. The van der Waals surface area contributed by atoms with Crippen LogP contribution in [0.5, 0.6) is 0 Å². The molecule has 4 nitrogen and oxygen atoms in total. The molecule has 0 atom stereocenters. The topological polar surface area (TPSA) is 30.9 Å². The van der Waals surface area contributed by atoms with Crippen LogP contribution in [0.15, 0.2) is 52.2 Å². The fraction of sp³-hybridized carbons (Fsp3) is 0.389. The van der Waals surface area contributed by atoms with Crippen LogP contribution >= 0.6 is 35.3 Å². The number of halogens is 1. The lowest BCUT2D eigenvalue weighted by Gasteiger charge is -2.36. The van der Waals surface area contributed by atoms with E-state index in [0.29, 0.717) is 0 Å². The molecule has 0 radical (unpaired) electrons. The van der Waals surface area contributed by atoms with Crippen LogP contribution in [0.25, 0.3) is 0 Å². The van der Waals surface area contributed by atoms with Crippen molar-refractivity contribution in [2.24, 2.45) is 4.99 Å². The van der Waals surface area contributed by atoms with Crippen molar-refractivity contribution >= 4 is 41.3 Å². The van der Waals surface area contributed by atoms with E-state index < -0.39 is 0 Å². The third-order valence-electron chi connectivity index (χ3n) is 4.16. The Balaban J connectivity index is 0.00000208. The van der Waals surface area contributed by atoms with Crippen LogP contribution in [0.4, 0.5) is 0 Å². The molecule has 1 saturated heterocycles. The molecule has 130 valence electrons. The van der Waals surface area contributed by atoms with Crippen molar-refractivity contribution in [3.8, 4) is 0 Å². The average Bonchev–Trinajstić information content (AvgIpc) is 3.11. The number of hydrogen-bond donors (Lipinski definition) is 1. The van der Waals surface area contributed by atoms with Gasteiger partial charge in [-0.15, -0.1) is 24.0 Å². The Morgan fingerprint density at radius 1 is 1.08 bits per heavy atom. The molecule has 2 aromatic rings. The molecule has 1 aliphatic rings. The van der Waals surface area contributed by atoms with E-state index >= 15 is 0 Å². The summed E-state index contributed by atoms with van der Waals surface area (Å²) in [6, 6.07) is 12.9. The predicted molar refractivity (Wildman–Crippen MR) is 113 cm³/mol. The summed E-state index contributed by atoms with van der Waals surface area (Å²) in [6.07, 6.45) is 0. The van der Waals surface area contributed by atoms with Gasteiger partial charge in [-0.2, -0.15) is 11.3 Å². The molecule has 0 aliphatic carbocycles. The lowest BCUT2D eigenvalue weighted by Crippen LogP contribution is -2.52. The highest BCUT2D eigenvalue weighted by Crippen LogP contribution is 2.09. The number of piperazine rings is 1. The summed E-state index contributed by atoms with van der Waals surface area (Å²) in [4.78, 5) is 9.30. The van der Waals surface area contributed by atoms with Gasteiger partial charge in [0.2, 0.25) is 0 Å². The van der Waals surface area contributed by atoms with Crippen molar-refractivity contribution in [1.29, 1.82) is 0 Å². The van der Waals surface area contributed by atoms with Crippen molar-refractivity contribution in [3.05, 3.63) is 58.3 Å². The van der Waals surface area contributed by atoms with Gasteiger partial charge in [-0.3, -0.25) is 9.89 Å². The minimum absolute atomic E-state index is 0. The second kappa shape index (κ2) is 10.0. The molecule has 2 heterocycles. The third-order valence-corrected chi connectivity index (χ3v) is 4.90. The maximum Gasteiger partial charge on any atom is 0.194 e. The number of aliphatic imine (C=N–C) groups is 1. The van der Waals surface area contributed by atoms with Crippen molar-refractivity contribution in [1.82, 2.24) is 15.1 Å². The van der Waals surface area contributed by atoms with Gasteiger partial charge in [0.25, 0.3) is 0 Å². The van der Waals surface area contributed by atoms with E-state index in [9.17, 15) is 0 Å². The largest absolute Gasteiger partial charge is 0.352 e. The zero-order valence-corrected chi connectivity index (χ0v) is 17.2. The van der Waals surface area contributed by atoms with Gasteiger partial charge in [0, 0.05) is 46.3 Å². The van der Waals surface area contributed by atoms with E-state index in [2.05, 4.69) is 67.3 Å². The van der Waals surface area contributed by atoms with Crippen LogP contribution in [-0.4, -0.2) is 49.0 Å². The van der Waals surface area contributed by atoms with Crippen LogP contribution in [0, 0.1) is 0 Å². The summed E-state index contributed by atoms with van der Waals surface area (Å²) in [7, 11) is 1.87. The first kappa shape index (κ1) is 19.2. The summed E-state index contributed by atoms with van der Waals surface area (Å²) in [5.74, 6) is 1.01. The van der Waals surface area contributed by atoms with E-state index in [1.807, 2.05) is 7.05 Å². The summed E-state index contributed by atoms with van der Waals surface area (Å²) < 4.78 is 0. The zero-order valence-electron chi connectivity index (χ0n) is 14.0. The molecule has 6 heteroatoms. The van der Waals surface area contributed by atoms with E-state index in [1.165, 1.54) is 11.1 Å². The molecule has 0 spiro atoms. The zero-order chi connectivity index (χ0) is 15.9. The Kier molecular flexibility index (Phi) is 8.01. The Morgan fingerprint density at radius 2 is 1.83 bits per heavy atom. The second-order valence-corrected chi connectivity index (χ2v) is 6.56. The molecule has 0 amide bonds. The minimum atomic E-state index is 0. The fourth-order valence-electron chi connectivity index (χ4n) is 2.87. The maximum atomic E-state index is 4.44. The lowest BCUT2D eigenvalue weighted by atomic mass is 10.2. The first-order chi connectivity index (χ1) is 11.3. The number of rotatable bonds is 4. The summed E-state index contributed by atoms with van der Waals surface area (Å²) in [5.41, 5.74) is 2.71. The van der Waals surface area contributed by atoms with Crippen LogP contribution in [0.3, 0.4) is 0 Å². The number of hydrogen-bond acceptors (Lipinski definition) is 3. The number of thiophene rings is 1. The molecule has 0 unspecified atom stereocenters. The Morgan fingerprint density at radius 3 is 2.46 bits per heavy atom. The van der Waals surface area contributed by atoms with Crippen LogP contribution in [0.2, 0.25) is 0 Å². The Hall–Kier alpha value is -1.12. The smallest absolute Gasteiger partial charge is 0.194 e. The van der Waals surface area contributed by atoms with Gasteiger partial charge in [-0.1, -0.05) is 30.3 Å². The van der Waals surface area contributed by atoms with Gasteiger partial charge in [-0.25, -0.2) is 0 Å². The number of nitrogens with one attached hydrogen (secondary N) is 1. The summed E-state index contributed by atoms with van der Waals surface area (Å²) in [5, 5.41) is 7.76. The first-order valence-electron chi connectivity index (χ1n) is 8.08. The predicted octanol–water partition coefficient (Wildman–Crippen LogP) is 3.26. The van der Waals surface area contributed by atoms with E-state index in [-0.39, 0.29) is 24.0 Å². The third kappa shape index (κ3) is 5.46. The van der Waals surface area contributed by atoms with Crippen LogP contribution in [0.1, 0.15) is 11.1 Å². The molecule has 1 fully saturated rings. The monoisotopic (exact) mass is 456 g/mol. The molecule has 0 bridgehead atoms. The molecule has 1 N–H and O–H groups in total. The normalized spacial score (nSPS) is 15.9. The van der Waals surface area contributed by atoms with Gasteiger partial charge in [0.05, 0.1) is 0 Å². The molecule has 24 heavy (non-hydrogen) atoms. The number of guanidine groups is 1. The minimum Gasteiger partial charge on any atom is -0.352 e. The summed E-state index contributed by atoms with van der Waals surface area (Å²) >= 11 is 1.74. The van der Waals surface area contributed by atoms with E-state index in [4.69, 9.17) is 0 Å². The highest BCUT2D eigenvalue weighted by molar-refractivity contribution is 14.0. The number of nitrogens with zero attached hydrogens (tertiary/aromatic N) is 3. The van der Waals surface area contributed by atoms with Gasteiger partial charge in [0.15, 0.2) is 5.96 Å². The lowest BCUT2D eigenvalue weighted by molar-refractivity contribution is 0.172. The highest BCUT2D eigenvalue weighted by atomic mass is 127.